The molecule has 1 nitrogen and oxygen atoms in total. The molecule has 0 saturated heterocycles. The van der Waals surface area contributed by atoms with Crippen LogP contribution in [0, 0.1) is 0 Å². The van der Waals surface area contributed by atoms with Crippen molar-refractivity contribution in [1.82, 2.24) is 0 Å². The lowest BCUT2D eigenvalue weighted by Crippen LogP contribution is -2.15. The van der Waals surface area contributed by atoms with Crippen molar-refractivity contribution in [2.45, 2.75) is 44.7 Å². The van der Waals surface area contributed by atoms with Crippen LogP contribution in [0.4, 0.5) is 0 Å². The van der Waals surface area contributed by atoms with E-state index in [0.29, 0.717) is 0 Å². The van der Waals surface area contributed by atoms with E-state index in [1.807, 2.05) is 7.11 Å². The third-order valence-electron chi connectivity index (χ3n) is 3.05. The Bertz CT molecular complexity index is 261. The summed E-state index contributed by atoms with van der Waals surface area (Å²) in [7, 11) is 1.03. The molecule has 0 aromatic heterocycles. The summed E-state index contributed by atoms with van der Waals surface area (Å²) in [5.41, 5.74) is 1.46. The van der Waals surface area contributed by atoms with Gasteiger partial charge in [-0.2, -0.15) is 0 Å². The highest BCUT2D eigenvalue weighted by Gasteiger charge is 2.08. The molecule has 2 heteroatoms. The number of benzene rings is 1. The molecule has 0 saturated carbocycles. The smallest absolute Gasteiger partial charge is 0.176 e. The lowest BCUT2D eigenvalue weighted by molar-refractivity contribution is 0.414. The number of rotatable bonds is 8. The zero-order valence-corrected chi connectivity index (χ0v) is 11.8. The van der Waals surface area contributed by atoms with Gasteiger partial charge >= 0.3 is 0 Å². The molecule has 0 aliphatic rings. The van der Waals surface area contributed by atoms with E-state index in [1.54, 1.807) is 0 Å². The van der Waals surface area contributed by atoms with Gasteiger partial charge in [-0.25, -0.2) is 0 Å². The molecule has 90 valence electrons. The molecule has 0 fully saturated rings. The van der Waals surface area contributed by atoms with E-state index in [0.717, 1.165) is 0 Å². The predicted molar refractivity (Wildman–Crippen MR) is 73.4 cm³/mol. The van der Waals surface area contributed by atoms with Crippen LogP contribution in [-0.4, -0.2) is 16.2 Å². The molecule has 0 spiro atoms. The van der Waals surface area contributed by atoms with Crippen LogP contribution in [-0.2, 0) is 10.8 Å². The molecule has 16 heavy (non-hydrogen) atoms. The Morgan fingerprint density at radius 2 is 1.75 bits per heavy atom. The lowest BCUT2D eigenvalue weighted by atomic mass is 10.1. The first-order valence-corrected chi connectivity index (χ1v) is 8.54. The Balaban J connectivity index is 2.18. The molecule has 0 heterocycles. The van der Waals surface area contributed by atoms with Crippen LogP contribution >= 0.6 is 0 Å². The van der Waals surface area contributed by atoms with Crippen LogP contribution in [0.1, 0.15) is 31.7 Å². The fourth-order valence-corrected chi connectivity index (χ4v) is 4.27. The van der Waals surface area contributed by atoms with Crippen molar-refractivity contribution < 1.29 is 4.43 Å². The number of unbranched alkanes of at least 4 members (excludes halogenated alkanes) is 1. The van der Waals surface area contributed by atoms with E-state index in [9.17, 15) is 0 Å². The van der Waals surface area contributed by atoms with Crippen molar-refractivity contribution >= 4 is 9.04 Å². The molecule has 1 unspecified atom stereocenters. The molecule has 0 bridgehead atoms. The summed E-state index contributed by atoms with van der Waals surface area (Å²) in [5, 5.41) is 0. The van der Waals surface area contributed by atoms with E-state index in [-0.39, 0.29) is 0 Å². The third-order valence-corrected chi connectivity index (χ3v) is 5.82. The minimum absolute atomic E-state index is 0.872. The van der Waals surface area contributed by atoms with Crippen LogP contribution in [0.15, 0.2) is 30.3 Å². The van der Waals surface area contributed by atoms with Gasteiger partial charge in [-0.3, -0.25) is 0 Å². The molecule has 0 aliphatic heterocycles. The second-order valence-electron chi connectivity index (χ2n) is 4.38. The van der Waals surface area contributed by atoms with Crippen LogP contribution in [0.2, 0.25) is 12.1 Å². The maximum atomic E-state index is 5.63. The summed E-state index contributed by atoms with van der Waals surface area (Å²) in [6.07, 6.45) is 5.14. The summed E-state index contributed by atoms with van der Waals surface area (Å²) < 4.78 is 5.63. The minimum atomic E-state index is -0.872. The van der Waals surface area contributed by atoms with E-state index >= 15 is 0 Å². The fourth-order valence-electron chi connectivity index (χ4n) is 1.99. The van der Waals surface area contributed by atoms with Crippen LogP contribution in [0.5, 0.6) is 0 Å². The molecule has 1 aromatic rings. The Kier molecular flexibility index (Phi) is 7.18. The average Bonchev–Trinajstić information content (AvgIpc) is 2.35. The first-order valence-electron chi connectivity index (χ1n) is 6.43. The topological polar surface area (TPSA) is 9.23 Å². The van der Waals surface area contributed by atoms with Crippen molar-refractivity contribution in [1.29, 1.82) is 0 Å². The summed E-state index contributed by atoms with van der Waals surface area (Å²) in [6.45, 7) is 2.26. The molecular formula is C14H24OSi. The molecule has 1 aromatic carbocycles. The number of hydrogen-bond donors (Lipinski definition) is 0. The van der Waals surface area contributed by atoms with Gasteiger partial charge in [0.15, 0.2) is 9.04 Å². The maximum absolute atomic E-state index is 5.63. The van der Waals surface area contributed by atoms with Crippen LogP contribution in [0.25, 0.3) is 0 Å². The van der Waals surface area contributed by atoms with E-state index < -0.39 is 9.04 Å². The van der Waals surface area contributed by atoms with Gasteiger partial charge in [-0.15, -0.1) is 0 Å². The van der Waals surface area contributed by atoms with Gasteiger partial charge in [0.1, 0.15) is 0 Å². The maximum Gasteiger partial charge on any atom is 0.176 e. The van der Waals surface area contributed by atoms with Gasteiger partial charge in [0.2, 0.25) is 0 Å². The van der Waals surface area contributed by atoms with Crippen LogP contribution in [0.3, 0.4) is 0 Å². The predicted octanol–water partition coefficient (Wildman–Crippen LogP) is 3.79. The Morgan fingerprint density at radius 3 is 2.38 bits per heavy atom. The number of hydrogen-bond acceptors (Lipinski definition) is 1. The van der Waals surface area contributed by atoms with Crippen molar-refractivity contribution in [3.05, 3.63) is 35.9 Å². The SMILES string of the molecule is CCCC[SiH](CCCc1ccccc1)OC. The van der Waals surface area contributed by atoms with Gasteiger partial charge in [-0.1, -0.05) is 50.1 Å². The second-order valence-corrected chi connectivity index (χ2v) is 7.25. The lowest BCUT2D eigenvalue weighted by Gasteiger charge is -2.12. The Morgan fingerprint density at radius 1 is 1.06 bits per heavy atom. The molecule has 0 amide bonds. The number of aryl methyl sites for hydroxylation is 1. The molecule has 0 aliphatic carbocycles. The highest BCUT2D eigenvalue weighted by molar-refractivity contribution is 6.51. The zero-order valence-electron chi connectivity index (χ0n) is 10.6. The van der Waals surface area contributed by atoms with Gasteiger partial charge in [0.05, 0.1) is 0 Å². The standard InChI is InChI=1S/C14H24OSi/c1-3-4-12-16(15-2)13-8-11-14-9-6-5-7-10-14/h5-7,9-10,16H,3-4,8,11-13H2,1-2H3. The Labute approximate surface area is 102 Å². The fraction of sp³-hybridized carbons (Fsp3) is 0.571. The van der Waals surface area contributed by atoms with Crippen molar-refractivity contribution in [3.63, 3.8) is 0 Å². The van der Waals surface area contributed by atoms with Crippen molar-refractivity contribution in [2.75, 3.05) is 7.11 Å². The summed E-state index contributed by atoms with van der Waals surface area (Å²) in [4.78, 5) is 0. The van der Waals surface area contributed by atoms with Gasteiger partial charge < -0.3 is 4.43 Å². The summed E-state index contributed by atoms with van der Waals surface area (Å²) in [5.74, 6) is 0. The first-order chi connectivity index (χ1) is 7.86. The van der Waals surface area contributed by atoms with Gasteiger partial charge in [0, 0.05) is 7.11 Å². The molecule has 1 atom stereocenters. The summed E-state index contributed by atoms with van der Waals surface area (Å²) in [6, 6.07) is 13.4. The zero-order chi connectivity index (χ0) is 11.6. The van der Waals surface area contributed by atoms with Crippen molar-refractivity contribution in [3.8, 4) is 0 Å². The highest BCUT2D eigenvalue weighted by Crippen LogP contribution is 2.11. The normalized spacial score (nSPS) is 12.6. The van der Waals surface area contributed by atoms with Gasteiger partial charge in [-0.05, 0) is 30.5 Å². The average molecular weight is 236 g/mol. The first kappa shape index (κ1) is 13.5. The van der Waals surface area contributed by atoms with Crippen molar-refractivity contribution in [2.24, 2.45) is 0 Å². The van der Waals surface area contributed by atoms with Gasteiger partial charge in [0.25, 0.3) is 0 Å². The molecule has 0 N–H and O–H groups in total. The van der Waals surface area contributed by atoms with E-state index in [4.69, 9.17) is 4.43 Å². The quantitative estimate of drug-likeness (QED) is 0.624. The second kappa shape index (κ2) is 8.54. The molecule has 1 rings (SSSR count). The third kappa shape index (κ3) is 5.47. The van der Waals surface area contributed by atoms with E-state index in [2.05, 4.69) is 37.3 Å². The molecule has 0 radical (unpaired) electrons. The summed E-state index contributed by atoms with van der Waals surface area (Å²) >= 11 is 0. The molecular weight excluding hydrogens is 212 g/mol. The largest absolute Gasteiger partial charge is 0.423 e. The van der Waals surface area contributed by atoms with E-state index in [1.165, 1.54) is 43.3 Å². The Hall–Kier alpha value is -0.603. The highest BCUT2D eigenvalue weighted by atomic mass is 28.3. The van der Waals surface area contributed by atoms with Crippen LogP contribution < -0.4 is 0 Å². The monoisotopic (exact) mass is 236 g/mol. The minimum Gasteiger partial charge on any atom is -0.423 e.